The van der Waals surface area contributed by atoms with Gasteiger partial charge in [0.1, 0.15) is 0 Å². The molecule has 10 atom stereocenters. The largest absolute Gasteiger partial charge is 0.400 e. The molecule has 5 rings (SSSR count). The lowest BCUT2D eigenvalue weighted by molar-refractivity contribution is -0.246. The van der Waals surface area contributed by atoms with Gasteiger partial charge in [0.15, 0.2) is 0 Å². The van der Waals surface area contributed by atoms with Crippen molar-refractivity contribution in [3.8, 4) is 0 Å². The molecule has 0 aliphatic heterocycles. The summed E-state index contributed by atoms with van der Waals surface area (Å²) in [5.74, 6) is 3.98. The third kappa shape index (κ3) is 3.24. The molecule has 0 aromatic carbocycles. The highest BCUT2D eigenvalue weighted by atomic mass is 16.3. The second-order valence-electron chi connectivity index (χ2n) is 14.7. The van der Waals surface area contributed by atoms with Gasteiger partial charge in [0.25, 0.3) is 0 Å². The van der Waals surface area contributed by atoms with E-state index in [1.54, 1.807) is 0 Å². The molecule has 0 bridgehead atoms. The Morgan fingerprint density at radius 2 is 1.39 bits per heavy atom. The minimum absolute atomic E-state index is 0.0632. The maximum atomic E-state index is 10.9. The number of fused-ring (bicyclic) bond motifs is 7. The maximum absolute atomic E-state index is 10.9. The van der Waals surface area contributed by atoms with Gasteiger partial charge in [-0.1, -0.05) is 53.7 Å². The summed E-state index contributed by atoms with van der Waals surface area (Å²) < 4.78 is 0. The molecule has 33 heavy (non-hydrogen) atoms. The normalized spacial score (nSPS) is 54.6. The first-order chi connectivity index (χ1) is 15.3. The fourth-order valence-electron chi connectivity index (χ4n) is 11.5. The fraction of sp³-hybridized carbons (Fsp3) is 0.935. The predicted molar refractivity (Wildman–Crippen MR) is 139 cm³/mol. The summed E-state index contributed by atoms with van der Waals surface area (Å²) in [5.41, 5.74) is 3.38. The van der Waals surface area contributed by atoms with Crippen LogP contribution >= 0.6 is 0 Å². The van der Waals surface area contributed by atoms with E-state index in [4.69, 9.17) is 5.11 Å². The van der Waals surface area contributed by atoms with Crippen molar-refractivity contribution in [1.82, 2.24) is 0 Å². The molecule has 5 saturated carbocycles. The van der Waals surface area contributed by atoms with E-state index in [-0.39, 0.29) is 11.5 Å². The number of aliphatic hydroxyl groups is 2. The molecule has 0 heterocycles. The Labute approximate surface area is 205 Å². The summed E-state index contributed by atoms with van der Waals surface area (Å²) in [6.45, 7) is 22.3. The molecule has 5 fully saturated rings. The first kappa shape index (κ1) is 25.7. The Morgan fingerprint density at radius 3 is 2.03 bits per heavy atom. The molecule has 0 radical (unpaired) electrons. The van der Waals surface area contributed by atoms with E-state index in [0.717, 1.165) is 37.2 Å². The summed E-state index contributed by atoms with van der Waals surface area (Å²) in [7, 11) is 1.00. The Morgan fingerprint density at radius 1 is 0.727 bits per heavy atom. The highest BCUT2D eigenvalue weighted by Crippen LogP contribution is 2.77. The van der Waals surface area contributed by atoms with Gasteiger partial charge in [0, 0.05) is 7.11 Å². The van der Waals surface area contributed by atoms with Crippen LogP contribution in [0.15, 0.2) is 12.2 Å². The Bertz CT molecular complexity index is 771. The highest BCUT2D eigenvalue weighted by Gasteiger charge is 2.70. The van der Waals surface area contributed by atoms with Crippen molar-refractivity contribution < 1.29 is 10.2 Å². The van der Waals surface area contributed by atoms with E-state index in [1.165, 1.54) is 63.4 Å². The van der Waals surface area contributed by atoms with Gasteiger partial charge in [-0.2, -0.15) is 0 Å². The third-order valence-corrected chi connectivity index (χ3v) is 13.5. The van der Waals surface area contributed by atoms with Crippen molar-refractivity contribution in [3.63, 3.8) is 0 Å². The minimum Gasteiger partial charge on any atom is -0.400 e. The Hall–Kier alpha value is -0.340. The van der Waals surface area contributed by atoms with Gasteiger partial charge in [-0.3, -0.25) is 0 Å². The van der Waals surface area contributed by atoms with Crippen LogP contribution in [0.1, 0.15) is 113 Å². The van der Waals surface area contributed by atoms with Crippen LogP contribution in [0.4, 0.5) is 0 Å². The first-order valence-corrected chi connectivity index (χ1v) is 14.1. The van der Waals surface area contributed by atoms with Crippen LogP contribution < -0.4 is 0 Å². The highest BCUT2D eigenvalue weighted by molar-refractivity contribution is 5.21. The van der Waals surface area contributed by atoms with E-state index in [0.29, 0.717) is 27.6 Å². The van der Waals surface area contributed by atoms with Gasteiger partial charge in [0.2, 0.25) is 0 Å². The molecular formula is C31H54O2. The number of hydrogen-bond donors (Lipinski definition) is 2. The second kappa shape index (κ2) is 8.09. The van der Waals surface area contributed by atoms with E-state index < -0.39 is 0 Å². The molecular weight excluding hydrogens is 404 g/mol. The van der Waals surface area contributed by atoms with Crippen molar-refractivity contribution in [2.24, 2.45) is 56.7 Å². The lowest BCUT2D eigenvalue weighted by Gasteiger charge is -2.73. The average Bonchev–Trinajstić information content (AvgIpc) is 3.11. The Balaban J connectivity index is 0.00000126. The van der Waals surface area contributed by atoms with Crippen molar-refractivity contribution in [3.05, 3.63) is 12.2 Å². The third-order valence-electron chi connectivity index (χ3n) is 13.5. The quantitative estimate of drug-likeness (QED) is 0.396. The minimum atomic E-state index is -0.118. The van der Waals surface area contributed by atoms with Gasteiger partial charge < -0.3 is 10.2 Å². The molecule has 0 aromatic rings. The van der Waals surface area contributed by atoms with Gasteiger partial charge in [-0.15, -0.1) is 0 Å². The number of allylic oxidation sites excluding steroid dienone is 1. The molecule has 0 saturated heterocycles. The summed E-state index contributed by atoms with van der Waals surface area (Å²) in [6, 6.07) is 0. The van der Waals surface area contributed by atoms with Crippen LogP contribution in [0.25, 0.3) is 0 Å². The van der Waals surface area contributed by atoms with Gasteiger partial charge in [-0.05, 0) is 128 Å². The van der Waals surface area contributed by atoms with Crippen molar-refractivity contribution in [2.45, 2.75) is 119 Å². The lowest BCUT2D eigenvalue weighted by Crippen LogP contribution is -2.66. The predicted octanol–water partition coefficient (Wildman–Crippen LogP) is 7.63. The van der Waals surface area contributed by atoms with Crippen LogP contribution in [0.3, 0.4) is 0 Å². The first-order valence-electron chi connectivity index (χ1n) is 14.1. The van der Waals surface area contributed by atoms with Crippen molar-refractivity contribution in [1.29, 1.82) is 0 Å². The zero-order valence-corrected chi connectivity index (χ0v) is 23.1. The van der Waals surface area contributed by atoms with E-state index >= 15 is 0 Å². The molecule has 5 aliphatic carbocycles. The average molecular weight is 459 g/mol. The number of aliphatic hydroxyl groups excluding tert-OH is 2. The van der Waals surface area contributed by atoms with Crippen LogP contribution in [-0.2, 0) is 0 Å². The zero-order valence-electron chi connectivity index (χ0n) is 23.1. The second-order valence-corrected chi connectivity index (χ2v) is 14.7. The summed E-state index contributed by atoms with van der Waals surface area (Å²) in [4.78, 5) is 0. The van der Waals surface area contributed by atoms with Gasteiger partial charge >= 0.3 is 0 Å². The molecule has 0 amide bonds. The van der Waals surface area contributed by atoms with Crippen LogP contribution in [0, 0.1) is 56.7 Å². The number of hydrogen-bond acceptors (Lipinski definition) is 2. The summed E-state index contributed by atoms with van der Waals surface area (Å²) in [5, 5.41) is 17.9. The standard InChI is InChI=1S/C30H50O.CH4O/c1-19(2)20-11-14-27(5)17-18-29(7)21(25(20)27)9-10-23-28(6)15-13-24(31)26(3,4)22(28)12-16-30(23,29)8;1-2/h20-25,31H,1,9-18H2,2-8H3;2H,1H3/t20-,21?,22-,23+,24?,25+,27?,28?,29+,30?;/m0./s1. The smallest absolute Gasteiger partial charge is 0.0594 e. The molecule has 5 unspecified atom stereocenters. The molecule has 2 nitrogen and oxygen atoms in total. The molecule has 0 spiro atoms. The molecule has 190 valence electrons. The van der Waals surface area contributed by atoms with Crippen LogP contribution in [-0.4, -0.2) is 23.4 Å². The van der Waals surface area contributed by atoms with E-state index in [9.17, 15) is 5.11 Å². The van der Waals surface area contributed by atoms with Crippen LogP contribution in [0.2, 0.25) is 0 Å². The SMILES string of the molecule is C=C(C)[C@@H]1CCC2(C)CC[C@]3(C)C(CC[C@@H]4C5(C)CCC(O)C(C)(C)[C@@H]5CCC43C)[C@@H]12.CO. The fourth-order valence-corrected chi connectivity index (χ4v) is 11.5. The van der Waals surface area contributed by atoms with Gasteiger partial charge in [-0.25, -0.2) is 0 Å². The van der Waals surface area contributed by atoms with Crippen LogP contribution in [0.5, 0.6) is 0 Å². The topological polar surface area (TPSA) is 40.5 Å². The molecule has 2 N–H and O–H groups in total. The maximum Gasteiger partial charge on any atom is 0.0594 e. The van der Waals surface area contributed by atoms with Crippen molar-refractivity contribution in [2.75, 3.05) is 7.11 Å². The molecule has 0 aromatic heterocycles. The van der Waals surface area contributed by atoms with Gasteiger partial charge in [0.05, 0.1) is 6.10 Å². The molecule has 5 aliphatic rings. The Kier molecular flexibility index (Phi) is 6.31. The zero-order chi connectivity index (χ0) is 24.6. The monoisotopic (exact) mass is 458 g/mol. The van der Waals surface area contributed by atoms with Crippen molar-refractivity contribution >= 4 is 0 Å². The lowest BCUT2D eigenvalue weighted by atomic mass is 9.32. The van der Waals surface area contributed by atoms with E-state index in [2.05, 4.69) is 55.0 Å². The van der Waals surface area contributed by atoms with E-state index in [1.807, 2.05) is 0 Å². The molecule has 2 heteroatoms. The summed E-state index contributed by atoms with van der Waals surface area (Å²) in [6.07, 6.45) is 13.4. The number of rotatable bonds is 1. The summed E-state index contributed by atoms with van der Waals surface area (Å²) >= 11 is 0.